The van der Waals surface area contributed by atoms with E-state index in [1.54, 1.807) is 13.1 Å². The highest BCUT2D eigenvalue weighted by atomic mass is 35.5. The number of ether oxygens (including phenoxy) is 1. The number of aromatic nitrogens is 7. The standard InChI is InChI=1S/C26H24ClFN8O3/c1-2-39-23(37)9-21(19-12-35-11-16(15-3-4-15)5-6-22(35)31-19)36-13-20(32-33-36)26(38)29-10-18-25-24(28)17(27)7-8-34(25)14-30-18/h5-8,11-15,21H,2-4,9-10H2,1H3,(H,29,38). The lowest BCUT2D eigenvalue weighted by Gasteiger charge is -2.13. The molecule has 0 spiro atoms. The molecule has 1 saturated carbocycles. The minimum Gasteiger partial charge on any atom is -0.466 e. The number of fused-ring (bicyclic) bond motifs is 2. The van der Waals surface area contributed by atoms with E-state index in [4.69, 9.17) is 21.3 Å². The Morgan fingerprint density at radius 1 is 1.21 bits per heavy atom. The van der Waals surface area contributed by atoms with Crippen molar-refractivity contribution in [1.82, 2.24) is 39.1 Å². The molecule has 1 unspecified atom stereocenters. The van der Waals surface area contributed by atoms with Crippen LogP contribution in [0.2, 0.25) is 5.02 Å². The Balaban J connectivity index is 1.24. The van der Waals surface area contributed by atoms with E-state index < -0.39 is 23.7 Å². The van der Waals surface area contributed by atoms with Gasteiger partial charge in [0.25, 0.3) is 5.91 Å². The molecule has 1 aliphatic rings. The summed E-state index contributed by atoms with van der Waals surface area (Å²) in [6.07, 6.45) is 10.7. The normalized spacial score (nSPS) is 14.1. The van der Waals surface area contributed by atoms with Gasteiger partial charge in [0, 0.05) is 18.6 Å². The van der Waals surface area contributed by atoms with Gasteiger partial charge in [-0.05, 0) is 43.4 Å². The summed E-state index contributed by atoms with van der Waals surface area (Å²) in [5, 5.41) is 10.8. The van der Waals surface area contributed by atoms with Crippen LogP contribution in [-0.2, 0) is 16.1 Å². The van der Waals surface area contributed by atoms with Crippen molar-refractivity contribution in [3.63, 3.8) is 0 Å². The van der Waals surface area contributed by atoms with Gasteiger partial charge < -0.3 is 18.9 Å². The second kappa shape index (κ2) is 10.1. The van der Waals surface area contributed by atoms with Gasteiger partial charge in [0.15, 0.2) is 11.5 Å². The smallest absolute Gasteiger partial charge is 0.308 e. The van der Waals surface area contributed by atoms with Crippen LogP contribution in [0.3, 0.4) is 0 Å². The van der Waals surface area contributed by atoms with Crippen LogP contribution < -0.4 is 5.32 Å². The number of carbonyl (C=O) groups is 2. The molecular weight excluding hydrogens is 527 g/mol. The molecule has 1 atom stereocenters. The van der Waals surface area contributed by atoms with Gasteiger partial charge >= 0.3 is 5.97 Å². The fourth-order valence-electron chi connectivity index (χ4n) is 4.56. The highest BCUT2D eigenvalue weighted by Gasteiger charge is 2.27. The molecule has 200 valence electrons. The highest BCUT2D eigenvalue weighted by molar-refractivity contribution is 6.31. The Kier molecular flexibility index (Phi) is 6.47. The van der Waals surface area contributed by atoms with Crippen molar-refractivity contribution in [3.05, 3.63) is 82.8 Å². The number of hydrogen-bond acceptors (Lipinski definition) is 7. The Morgan fingerprint density at radius 3 is 2.85 bits per heavy atom. The number of pyridine rings is 2. The van der Waals surface area contributed by atoms with Crippen molar-refractivity contribution in [3.8, 4) is 0 Å². The van der Waals surface area contributed by atoms with Crippen LogP contribution in [0.4, 0.5) is 4.39 Å². The zero-order valence-corrected chi connectivity index (χ0v) is 21.7. The van der Waals surface area contributed by atoms with Gasteiger partial charge in [-0.2, -0.15) is 0 Å². The van der Waals surface area contributed by atoms with Crippen LogP contribution in [-0.4, -0.2) is 52.2 Å². The monoisotopic (exact) mass is 550 g/mol. The number of halogens is 2. The number of amides is 1. The number of nitrogens with zero attached hydrogens (tertiary/aromatic N) is 7. The van der Waals surface area contributed by atoms with E-state index in [2.05, 4.69) is 32.9 Å². The molecular formula is C26H24ClFN8O3. The fourth-order valence-corrected chi connectivity index (χ4v) is 4.71. The lowest BCUT2D eigenvalue weighted by molar-refractivity contribution is -0.143. The Bertz CT molecular complexity index is 1710. The maximum atomic E-state index is 14.5. The van der Waals surface area contributed by atoms with Gasteiger partial charge in [0.1, 0.15) is 17.2 Å². The summed E-state index contributed by atoms with van der Waals surface area (Å²) in [5.41, 5.74) is 3.08. The lowest BCUT2D eigenvalue weighted by atomic mass is 10.1. The summed E-state index contributed by atoms with van der Waals surface area (Å²) in [5.74, 6) is -0.998. The summed E-state index contributed by atoms with van der Waals surface area (Å²) in [6, 6.07) is 4.81. The second-order valence-corrected chi connectivity index (χ2v) is 9.79. The van der Waals surface area contributed by atoms with Crippen molar-refractivity contribution in [2.75, 3.05) is 6.61 Å². The SMILES string of the molecule is CCOC(=O)CC(c1cn2cc(C3CC3)ccc2n1)n1cc(C(=O)NCc2ncn3ccc(Cl)c(F)c23)nn1. The minimum absolute atomic E-state index is 0.0191. The molecule has 0 aliphatic heterocycles. The number of hydrogen-bond donors (Lipinski definition) is 1. The van der Waals surface area contributed by atoms with Crippen molar-refractivity contribution < 1.29 is 18.7 Å². The summed E-state index contributed by atoms with van der Waals surface area (Å²) in [6.45, 7) is 1.92. The van der Waals surface area contributed by atoms with Gasteiger partial charge in [0.05, 0.1) is 48.5 Å². The molecule has 1 aliphatic carbocycles. The first-order chi connectivity index (χ1) is 18.9. The fraction of sp³-hybridized carbons (Fsp3) is 0.308. The number of nitrogens with one attached hydrogen (secondary N) is 1. The predicted octanol–water partition coefficient (Wildman–Crippen LogP) is 3.72. The topological polar surface area (TPSA) is 121 Å². The van der Waals surface area contributed by atoms with Crippen molar-refractivity contribution in [2.45, 2.75) is 44.7 Å². The molecule has 1 fully saturated rings. The molecule has 11 nitrogen and oxygen atoms in total. The largest absolute Gasteiger partial charge is 0.466 e. The number of esters is 1. The maximum Gasteiger partial charge on any atom is 0.308 e. The van der Waals surface area contributed by atoms with E-state index in [0.717, 1.165) is 5.65 Å². The average Bonchev–Trinajstić information content (AvgIpc) is 3.32. The summed E-state index contributed by atoms with van der Waals surface area (Å²) in [4.78, 5) is 34.2. The van der Waals surface area contributed by atoms with Gasteiger partial charge in [0.2, 0.25) is 0 Å². The zero-order valence-electron chi connectivity index (χ0n) is 20.9. The number of imidazole rings is 2. The van der Waals surface area contributed by atoms with E-state index in [0.29, 0.717) is 17.3 Å². The van der Waals surface area contributed by atoms with Crippen LogP contribution in [0.5, 0.6) is 0 Å². The van der Waals surface area contributed by atoms with Crippen LogP contribution in [0.15, 0.2) is 49.3 Å². The van der Waals surface area contributed by atoms with Gasteiger partial charge in [-0.25, -0.2) is 19.0 Å². The molecule has 0 radical (unpaired) electrons. The zero-order chi connectivity index (χ0) is 27.1. The van der Waals surface area contributed by atoms with Gasteiger partial charge in [-0.15, -0.1) is 5.10 Å². The lowest BCUT2D eigenvalue weighted by Crippen LogP contribution is -2.23. The molecule has 0 aromatic carbocycles. The third kappa shape index (κ3) is 4.94. The Morgan fingerprint density at radius 2 is 2.05 bits per heavy atom. The third-order valence-electron chi connectivity index (χ3n) is 6.70. The van der Waals surface area contributed by atoms with E-state index in [1.807, 2.05) is 16.7 Å². The quantitative estimate of drug-likeness (QED) is 0.278. The maximum absolute atomic E-state index is 14.5. The van der Waals surface area contributed by atoms with E-state index >= 15 is 0 Å². The first-order valence-corrected chi connectivity index (χ1v) is 12.9. The molecule has 1 amide bonds. The molecule has 6 rings (SSSR count). The highest BCUT2D eigenvalue weighted by Crippen LogP contribution is 2.40. The van der Waals surface area contributed by atoms with Crippen LogP contribution in [0, 0.1) is 5.82 Å². The molecule has 13 heteroatoms. The first kappa shape index (κ1) is 25.0. The van der Waals surface area contributed by atoms with Crippen molar-refractivity contribution in [1.29, 1.82) is 0 Å². The summed E-state index contributed by atoms with van der Waals surface area (Å²) in [7, 11) is 0. The number of rotatable bonds is 9. The van der Waals surface area contributed by atoms with Gasteiger partial charge in [-0.3, -0.25) is 9.59 Å². The predicted molar refractivity (Wildman–Crippen MR) is 138 cm³/mol. The third-order valence-corrected chi connectivity index (χ3v) is 6.99. The van der Waals surface area contributed by atoms with Crippen LogP contribution in [0.1, 0.15) is 65.6 Å². The summed E-state index contributed by atoms with van der Waals surface area (Å²) >= 11 is 5.90. The van der Waals surface area contributed by atoms with Crippen molar-refractivity contribution in [2.24, 2.45) is 0 Å². The van der Waals surface area contributed by atoms with Gasteiger partial charge in [-0.1, -0.05) is 22.9 Å². The average molecular weight is 551 g/mol. The molecule has 39 heavy (non-hydrogen) atoms. The second-order valence-electron chi connectivity index (χ2n) is 9.38. The Hall–Kier alpha value is -4.32. The molecule has 5 heterocycles. The molecule has 0 bridgehead atoms. The molecule has 0 saturated heterocycles. The summed E-state index contributed by atoms with van der Waals surface area (Å²) < 4.78 is 24.5. The molecule has 1 N–H and O–H groups in total. The van der Waals surface area contributed by atoms with E-state index in [9.17, 15) is 14.0 Å². The first-order valence-electron chi connectivity index (χ1n) is 12.5. The molecule has 5 aromatic heterocycles. The minimum atomic E-state index is -0.643. The van der Waals surface area contributed by atoms with Crippen LogP contribution >= 0.6 is 11.6 Å². The van der Waals surface area contributed by atoms with E-state index in [1.165, 1.54) is 46.1 Å². The molecule has 5 aromatic rings. The van der Waals surface area contributed by atoms with Crippen molar-refractivity contribution >= 4 is 34.6 Å². The van der Waals surface area contributed by atoms with Crippen LogP contribution in [0.25, 0.3) is 11.2 Å². The Labute approximate surface area is 226 Å². The van der Waals surface area contributed by atoms with E-state index in [-0.39, 0.29) is 35.8 Å². The number of carbonyl (C=O) groups excluding carboxylic acids is 2.